The molecule has 0 fully saturated rings. The zero-order chi connectivity index (χ0) is 12.5. The molecule has 1 aromatic rings. The van der Waals surface area contributed by atoms with E-state index >= 15 is 0 Å². The molecule has 0 atom stereocenters. The van der Waals surface area contributed by atoms with E-state index in [1.165, 1.54) is 0 Å². The predicted octanol–water partition coefficient (Wildman–Crippen LogP) is 1.93. The molecule has 0 heterocycles. The highest BCUT2D eigenvalue weighted by molar-refractivity contribution is 9.10. The van der Waals surface area contributed by atoms with Crippen molar-refractivity contribution in [2.75, 3.05) is 13.2 Å². The van der Waals surface area contributed by atoms with Crippen LogP contribution in [0.5, 0.6) is 0 Å². The molecule has 0 spiro atoms. The van der Waals surface area contributed by atoms with E-state index in [9.17, 15) is 4.39 Å². The van der Waals surface area contributed by atoms with E-state index in [1.807, 2.05) is 24.3 Å². The lowest BCUT2D eigenvalue weighted by atomic mass is 10.2. The van der Waals surface area contributed by atoms with Gasteiger partial charge in [0.2, 0.25) is 12.2 Å². The standard InChI is InChI=1S/C11H12BrFN4/c12-10-3-1-2-9(6-10)7-16-11(17-8-14)15-5-4-13/h1-3,6H,4-5,7H2,(H2,15,16,17). The Labute approximate surface area is 108 Å². The Morgan fingerprint density at radius 3 is 2.94 bits per heavy atom. The number of hydrogen-bond donors (Lipinski definition) is 2. The molecular formula is C11H12BrFN4. The summed E-state index contributed by atoms with van der Waals surface area (Å²) in [5.74, 6) is 0.283. The topological polar surface area (TPSA) is 60.2 Å². The highest BCUT2D eigenvalue weighted by atomic mass is 79.9. The van der Waals surface area contributed by atoms with Gasteiger partial charge >= 0.3 is 0 Å². The van der Waals surface area contributed by atoms with Crippen molar-refractivity contribution in [3.63, 3.8) is 0 Å². The van der Waals surface area contributed by atoms with Crippen LogP contribution in [0.3, 0.4) is 0 Å². The second-order valence-electron chi connectivity index (χ2n) is 3.16. The van der Waals surface area contributed by atoms with Gasteiger partial charge in [0.15, 0.2) is 0 Å². The normalized spacial score (nSPS) is 10.8. The summed E-state index contributed by atoms with van der Waals surface area (Å²) in [5, 5.41) is 14.1. The first-order valence-electron chi connectivity index (χ1n) is 5.01. The van der Waals surface area contributed by atoms with E-state index < -0.39 is 6.67 Å². The Hall–Kier alpha value is -1.61. The number of halogens is 2. The summed E-state index contributed by atoms with van der Waals surface area (Å²) in [6.45, 7) is 0.133. The lowest BCUT2D eigenvalue weighted by molar-refractivity contribution is 0.489. The van der Waals surface area contributed by atoms with Crippen molar-refractivity contribution in [1.29, 1.82) is 5.26 Å². The number of nitrogens with one attached hydrogen (secondary N) is 2. The molecule has 0 amide bonds. The van der Waals surface area contributed by atoms with Gasteiger partial charge in [0.1, 0.15) is 6.67 Å². The van der Waals surface area contributed by atoms with E-state index in [0.717, 1.165) is 10.0 Å². The molecule has 1 aromatic carbocycles. The predicted molar refractivity (Wildman–Crippen MR) is 68.0 cm³/mol. The van der Waals surface area contributed by atoms with Crippen LogP contribution in [0.2, 0.25) is 0 Å². The minimum atomic E-state index is -0.511. The molecule has 0 saturated carbocycles. The van der Waals surface area contributed by atoms with Crippen molar-refractivity contribution >= 4 is 21.9 Å². The van der Waals surface area contributed by atoms with Gasteiger partial charge in [-0.2, -0.15) is 5.26 Å². The quantitative estimate of drug-likeness (QED) is 0.507. The van der Waals surface area contributed by atoms with Crippen LogP contribution in [0.1, 0.15) is 5.56 Å². The van der Waals surface area contributed by atoms with Crippen LogP contribution >= 0.6 is 15.9 Å². The van der Waals surface area contributed by atoms with Crippen molar-refractivity contribution in [2.45, 2.75) is 6.54 Å². The third-order valence-corrected chi connectivity index (χ3v) is 2.39. The van der Waals surface area contributed by atoms with Gasteiger partial charge in [-0.3, -0.25) is 0 Å². The van der Waals surface area contributed by atoms with Gasteiger partial charge in [0.25, 0.3) is 0 Å². The van der Waals surface area contributed by atoms with Gasteiger partial charge in [0.05, 0.1) is 0 Å². The highest BCUT2D eigenvalue weighted by Gasteiger charge is 1.99. The van der Waals surface area contributed by atoms with E-state index in [-0.39, 0.29) is 12.5 Å². The zero-order valence-electron chi connectivity index (χ0n) is 9.08. The summed E-state index contributed by atoms with van der Waals surface area (Å²) in [5.41, 5.74) is 1.03. The highest BCUT2D eigenvalue weighted by Crippen LogP contribution is 2.11. The lowest BCUT2D eigenvalue weighted by Gasteiger charge is -2.09. The summed E-state index contributed by atoms with van der Waals surface area (Å²) < 4.78 is 13.0. The molecule has 1 rings (SSSR count). The number of nitrogens with zero attached hydrogens (tertiary/aromatic N) is 2. The summed E-state index contributed by atoms with van der Waals surface area (Å²) in [7, 11) is 0. The fourth-order valence-electron chi connectivity index (χ4n) is 1.19. The molecule has 0 radical (unpaired) electrons. The monoisotopic (exact) mass is 298 g/mol. The minimum absolute atomic E-state index is 0.131. The van der Waals surface area contributed by atoms with Gasteiger partial charge in [-0.25, -0.2) is 4.39 Å². The Kier molecular flexibility index (Phi) is 6.04. The number of benzene rings is 1. The summed E-state index contributed by atoms with van der Waals surface area (Å²) in [6.07, 6.45) is 1.66. The van der Waals surface area contributed by atoms with Crippen LogP contribution in [0.4, 0.5) is 4.39 Å². The lowest BCUT2D eigenvalue weighted by Crippen LogP contribution is -2.37. The summed E-state index contributed by atoms with van der Waals surface area (Å²) in [6, 6.07) is 7.73. The molecule has 0 saturated heterocycles. The SMILES string of the molecule is N#C/N=C(/NCCF)NCc1cccc(Br)c1. The molecule has 0 aliphatic carbocycles. The number of hydrogen-bond acceptors (Lipinski definition) is 2. The average molecular weight is 299 g/mol. The Balaban J connectivity index is 2.52. The molecule has 0 unspecified atom stereocenters. The number of guanidine groups is 1. The maximum Gasteiger partial charge on any atom is 0.209 e. The van der Waals surface area contributed by atoms with E-state index in [1.54, 1.807) is 6.19 Å². The van der Waals surface area contributed by atoms with Crippen molar-refractivity contribution in [2.24, 2.45) is 4.99 Å². The Bertz CT molecular complexity index is 428. The van der Waals surface area contributed by atoms with Crippen molar-refractivity contribution in [1.82, 2.24) is 10.6 Å². The molecule has 2 N–H and O–H groups in total. The van der Waals surface area contributed by atoms with Crippen LogP contribution in [0.15, 0.2) is 33.7 Å². The Morgan fingerprint density at radius 1 is 1.47 bits per heavy atom. The molecular weight excluding hydrogens is 287 g/mol. The van der Waals surface area contributed by atoms with Gasteiger partial charge < -0.3 is 10.6 Å². The number of rotatable bonds is 4. The van der Waals surface area contributed by atoms with Gasteiger partial charge in [0, 0.05) is 17.6 Å². The van der Waals surface area contributed by atoms with Crippen LogP contribution in [-0.2, 0) is 6.54 Å². The summed E-state index contributed by atoms with van der Waals surface area (Å²) in [4.78, 5) is 3.52. The van der Waals surface area contributed by atoms with Gasteiger partial charge in [-0.1, -0.05) is 28.1 Å². The fraction of sp³-hybridized carbons (Fsp3) is 0.273. The first kappa shape index (κ1) is 13.5. The van der Waals surface area contributed by atoms with E-state index in [0.29, 0.717) is 6.54 Å². The first-order valence-corrected chi connectivity index (χ1v) is 5.80. The maximum absolute atomic E-state index is 12.0. The molecule has 0 aliphatic rings. The largest absolute Gasteiger partial charge is 0.353 e. The molecule has 90 valence electrons. The van der Waals surface area contributed by atoms with Crippen LogP contribution < -0.4 is 10.6 Å². The average Bonchev–Trinajstić information content (AvgIpc) is 2.33. The summed E-state index contributed by atoms with van der Waals surface area (Å²) >= 11 is 3.37. The Morgan fingerprint density at radius 2 is 2.29 bits per heavy atom. The van der Waals surface area contributed by atoms with Crippen LogP contribution in [0.25, 0.3) is 0 Å². The maximum atomic E-state index is 12.0. The van der Waals surface area contributed by atoms with Crippen molar-refractivity contribution in [3.8, 4) is 6.19 Å². The zero-order valence-corrected chi connectivity index (χ0v) is 10.7. The molecule has 4 nitrogen and oxygen atoms in total. The second kappa shape index (κ2) is 7.63. The minimum Gasteiger partial charge on any atom is -0.353 e. The molecule has 0 bridgehead atoms. The number of nitriles is 1. The number of aliphatic imine (C=N–C) groups is 1. The van der Waals surface area contributed by atoms with Crippen molar-refractivity contribution < 1.29 is 4.39 Å². The third-order valence-electron chi connectivity index (χ3n) is 1.90. The van der Waals surface area contributed by atoms with Crippen molar-refractivity contribution in [3.05, 3.63) is 34.3 Å². The van der Waals surface area contributed by atoms with E-state index in [4.69, 9.17) is 5.26 Å². The van der Waals surface area contributed by atoms with Gasteiger partial charge in [-0.15, -0.1) is 4.99 Å². The smallest absolute Gasteiger partial charge is 0.209 e. The molecule has 0 aliphatic heterocycles. The molecule has 17 heavy (non-hydrogen) atoms. The second-order valence-corrected chi connectivity index (χ2v) is 4.08. The fourth-order valence-corrected chi connectivity index (χ4v) is 1.64. The van der Waals surface area contributed by atoms with Crippen LogP contribution in [-0.4, -0.2) is 19.2 Å². The number of alkyl halides is 1. The van der Waals surface area contributed by atoms with E-state index in [2.05, 4.69) is 31.6 Å². The third kappa shape index (κ3) is 5.31. The van der Waals surface area contributed by atoms with Crippen LogP contribution in [0, 0.1) is 11.5 Å². The first-order chi connectivity index (χ1) is 8.26. The molecule has 0 aromatic heterocycles. The van der Waals surface area contributed by atoms with Gasteiger partial charge in [-0.05, 0) is 17.7 Å². The molecule has 6 heteroatoms.